The van der Waals surface area contributed by atoms with E-state index in [0.717, 1.165) is 30.4 Å². The first-order valence-electron chi connectivity index (χ1n) is 9.99. The van der Waals surface area contributed by atoms with Gasteiger partial charge in [0.2, 0.25) is 0 Å². The zero-order valence-corrected chi connectivity index (χ0v) is 15.6. The van der Waals surface area contributed by atoms with Gasteiger partial charge in [-0.05, 0) is 46.9 Å². The van der Waals surface area contributed by atoms with Crippen LogP contribution in [-0.4, -0.2) is 41.3 Å². The molecule has 1 aliphatic heterocycles. The molecule has 0 spiro atoms. The van der Waals surface area contributed by atoms with Crippen LogP contribution in [0.25, 0.3) is 11.1 Å². The smallest absolute Gasteiger partial charge is 0.410 e. The lowest BCUT2D eigenvalue weighted by Gasteiger charge is -2.24. The second-order valence-electron chi connectivity index (χ2n) is 8.09. The summed E-state index contributed by atoms with van der Waals surface area (Å²) in [5.41, 5.74) is 4.67. The molecule has 0 radical (unpaired) electrons. The summed E-state index contributed by atoms with van der Waals surface area (Å²) in [7, 11) is 0. The minimum Gasteiger partial charge on any atom is -0.480 e. The summed E-state index contributed by atoms with van der Waals surface area (Å²) >= 11 is 0. The Hall–Kier alpha value is -2.82. The number of nitrogens with zero attached hydrogens (tertiary/aromatic N) is 1. The van der Waals surface area contributed by atoms with Crippen molar-refractivity contribution in [3.05, 3.63) is 59.7 Å². The number of ether oxygens (including phenoxy) is 1. The predicted molar refractivity (Wildman–Crippen MR) is 104 cm³/mol. The summed E-state index contributed by atoms with van der Waals surface area (Å²) in [6, 6.07) is 15.6. The molecule has 1 unspecified atom stereocenters. The number of carbonyl (C=O) groups is 2. The molecule has 0 bridgehead atoms. The van der Waals surface area contributed by atoms with Crippen LogP contribution < -0.4 is 0 Å². The number of aliphatic carboxylic acids is 1. The summed E-state index contributed by atoms with van der Waals surface area (Å²) in [4.78, 5) is 26.1. The molecule has 5 rings (SSSR count). The first kappa shape index (κ1) is 17.3. The van der Waals surface area contributed by atoms with Gasteiger partial charge in [0.05, 0.1) is 0 Å². The Labute approximate surface area is 163 Å². The van der Waals surface area contributed by atoms with Crippen molar-refractivity contribution >= 4 is 12.1 Å². The highest BCUT2D eigenvalue weighted by Gasteiger charge is 2.50. The molecule has 1 saturated carbocycles. The predicted octanol–water partition coefficient (Wildman–Crippen LogP) is 4.12. The van der Waals surface area contributed by atoms with Gasteiger partial charge < -0.3 is 9.84 Å². The Morgan fingerprint density at radius 1 is 1.00 bits per heavy atom. The molecule has 5 nitrogen and oxygen atoms in total. The second kappa shape index (κ2) is 6.66. The van der Waals surface area contributed by atoms with Gasteiger partial charge in [-0.15, -0.1) is 0 Å². The van der Waals surface area contributed by atoms with Crippen LogP contribution in [0, 0.1) is 11.8 Å². The standard InChI is InChI=1S/C23H23NO4/c25-22(26)21-15-11-5-6-14(15)12-24(21)23(27)28-13-20-18-9-3-1-7-16(18)17-8-2-4-10-19(17)20/h1-4,7-10,14-15,20-21H,5-6,11-13H2,(H,25,26)/t14-,15-,21?/m1/s1. The molecule has 1 heterocycles. The molecule has 144 valence electrons. The van der Waals surface area contributed by atoms with Crippen molar-refractivity contribution in [2.24, 2.45) is 11.8 Å². The normalized spacial score (nSPS) is 25.3. The lowest BCUT2D eigenvalue weighted by Crippen LogP contribution is -2.43. The van der Waals surface area contributed by atoms with E-state index in [9.17, 15) is 14.7 Å². The molecule has 2 fully saturated rings. The maximum absolute atomic E-state index is 12.8. The molecule has 28 heavy (non-hydrogen) atoms. The second-order valence-corrected chi connectivity index (χ2v) is 8.09. The van der Waals surface area contributed by atoms with Gasteiger partial charge in [-0.2, -0.15) is 0 Å². The van der Waals surface area contributed by atoms with Crippen LogP contribution in [0.1, 0.15) is 36.3 Å². The average Bonchev–Trinajstić information content (AvgIpc) is 3.37. The summed E-state index contributed by atoms with van der Waals surface area (Å²) in [6.45, 7) is 0.726. The largest absolute Gasteiger partial charge is 0.480 e. The number of hydrogen-bond acceptors (Lipinski definition) is 3. The van der Waals surface area contributed by atoms with Gasteiger partial charge >= 0.3 is 12.1 Å². The van der Waals surface area contributed by atoms with Crippen molar-refractivity contribution in [2.75, 3.05) is 13.2 Å². The third kappa shape index (κ3) is 2.60. The summed E-state index contributed by atoms with van der Waals surface area (Å²) in [5.74, 6) is -0.566. The quantitative estimate of drug-likeness (QED) is 0.874. The molecular weight excluding hydrogens is 354 g/mol. The fourth-order valence-electron chi connectivity index (χ4n) is 5.49. The highest BCUT2D eigenvalue weighted by Crippen LogP contribution is 2.45. The Morgan fingerprint density at radius 2 is 1.64 bits per heavy atom. The van der Waals surface area contributed by atoms with E-state index < -0.39 is 18.1 Å². The van der Waals surface area contributed by atoms with E-state index in [0.29, 0.717) is 12.5 Å². The van der Waals surface area contributed by atoms with E-state index in [4.69, 9.17) is 4.74 Å². The van der Waals surface area contributed by atoms with E-state index in [2.05, 4.69) is 24.3 Å². The number of fused-ring (bicyclic) bond motifs is 4. The van der Waals surface area contributed by atoms with Crippen molar-refractivity contribution in [1.29, 1.82) is 0 Å². The Balaban J connectivity index is 1.35. The lowest BCUT2D eigenvalue weighted by molar-refractivity contribution is -0.143. The summed E-state index contributed by atoms with van der Waals surface area (Å²) < 4.78 is 5.69. The zero-order chi connectivity index (χ0) is 19.3. The molecular formula is C23H23NO4. The van der Waals surface area contributed by atoms with Crippen molar-refractivity contribution in [3.63, 3.8) is 0 Å². The number of benzene rings is 2. The molecule has 2 aliphatic carbocycles. The number of carboxylic acid groups (broad SMARTS) is 1. The number of hydrogen-bond donors (Lipinski definition) is 1. The maximum Gasteiger partial charge on any atom is 0.410 e. The topological polar surface area (TPSA) is 66.8 Å². The third-order valence-electron chi connectivity index (χ3n) is 6.71. The minimum atomic E-state index is -0.914. The molecule has 2 aromatic carbocycles. The number of carboxylic acids is 1. The third-order valence-corrected chi connectivity index (χ3v) is 6.71. The van der Waals surface area contributed by atoms with Gasteiger partial charge in [-0.1, -0.05) is 55.0 Å². The number of likely N-dealkylation sites (tertiary alicyclic amines) is 1. The van der Waals surface area contributed by atoms with Crippen molar-refractivity contribution in [1.82, 2.24) is 4.90 Å². The van der Waals surface area contributed by atoms with Gasteiger partial charge in [0.1, 0.15) is 12.6 Å². The van der Waals surface area contributed by atoms with Crippen LogP contribution >= 0.6 is 0 Å². The van der Waals surface area contributed by atoms with E-state index in [1.165, 1.54) is 16.0 Å². The first-order chi connectivity index (χ1) is 13.6. The van der Waals surface area contributed by atoms with Crippen molar-refractivity contribution in [3.8, 4) is 11.1 Å². The molecule has 5 heteroatoms. The van der Waals surface area contributed by atoms with Crippen LogP contribution in [0.15, 0.2) is 48.5 Å². The lowest BCUT2D eigenvalue weighted by atomic mass is 9.94. The van der Waals surface area contributed by atoms with E-state index in [1.54, 1.807) is 0 Å². The fraction of sp³-hybridized carbons (Fsp3) is 0.391. The van der Waals surface area contributed by atoms with Gasteiger partial charge in [-0.3, -0.25) is 4.90 Å². The van der Waals surface area contributed by atoms with Gasteiger partial charge in [0.15, 0.2) is 0 Å². The SMILES string of the molecule is O=C(O)C1[C@@H]2CCC[C@@H]2CN1C(=O)OCC1c2ccccc2-c2ccccc21. The highest BCUT2D eigenvalue weighted by atomic mass is 16.6. The Morgan fingerprint density at radius 3 is 2.29 bits per heavy atom. The monoisotopic (exact) mass is 377 g/mol. The number of amides is 1. The van der Waals surface area contributed by atoms with Crippen LogP contribution in [-0.2, 0) is 9.53 Å². The summed E-state index contributed by atoms with van der Waals surface area (Å²) in [6.07, 6.45) is 2.44. The van der Waals surface area contributed by atoms with Crippen LogP contribution in [0.2, 0.25) is 0 Å². The van der Waals surface area contributed by atoms with E-state index in [-0.39, 0.29) is 18.4 Å². The molecule has 1 saturated heterocycles. The van der Waals surface area contributed by atoms with Gasteiger partial charge in [0.25, 0.3) is 0 Å². The molecule has 3 aliphatic rings. The van der Waals surface area contributed by atoms with Gasteiger partial charge in [-0.25, -0.2) is 9.59 Å². The molecule has 0 aromatic heterocycles. The molecule has 2 aromatic rings. The number of carbonyl (C=O) groups excluding carboxylic acids is 1. The van der Waals surface area contributed by atoms with Crippen LogP contribution in [0.4, 0.5) is 4.79 Å². The first-order valence-corrected chi connectivity index (χ1v) is 9.99. The van der Waals surface area contributed by atoms with E-state index >= 15 is 0 Å². The number of rotatable bonds is 3. The summed E-state index contributed by atoms with van der Waals surface area (Å²) in [5, 5.41) is 9.67. The van der Waals surface area contributed by atoms with Crippen molar-refractivity contribution in [2.45, 2.75) is 31.2 Å². The minimum absolute atomic E-state index is 0.0123. The van der Waals surface area contributed by atoms with Crippen LogP contribution in [0.5, 0.6) is 0 Å². The molecule has 3 atom stereocenters. The van der Waals surface area contributed by atoms with E-state index in [1.807, 2.05) is 24.3 Å². The Kier molecular flexibility index (Phi) is 4.11. The fourth-order valence-corrected chi connectivity index (χ4v) is 5.49. The maximum atomic E-state index is 12.8. The molecule has 1 N–H and O–H groups in total. The van der Waals surface area contributed by atoms with Gasteiger partial charge in [0, 0.05) is 12.5 Å². The van der Waals surface area contributed by atoms with Crippen LogP contribution in [0.3, 0.4) is 0 Å². The zero-order valence-electron chi connectivity index (χ0n) is 15.6. The molecule has 1 amide bonds. The van der Waals surface area contributed by atoms with Crippen molar-refractivity contribution < 1.29 is 19.4 Å². The highest BCUT2D eigenvalue weighted by molar-refractivity contribution is 5.82. The Bertz CT molecular complexity index is 894. The average molecular weight is 377 g/mol.